The molecule has 0 radical (unpaired) electrons. The second-order valence-corrected chi connectivity index (χ2v) is 8.41. The SMILES string of the molecule is CCCC(CCBr)CNS(=O)(=O)c1ccc(Br)cc1Cl. The molecule has 0 heterocycles. The maximum atomic E-state index is 12.3. The summed E-state index contributed by atoms with van der Waals surface area (Å²) in [5, 5.41) is 1.10. The summed E-state index contributed by atoms with van der Waals surface area (Å²) in [5.41, 5.74) is 0. The molecule has 1 aromatic carbocycles. The Morgan fingerprint density at radius 3 is 2.60 bits per heavy atom. The second-order valence-electron chi connectivity index (χ2n) is 4.56. The first-order valence-electron chi connectivity index (χ1n) is 6.41. The fraction of sp³-hybridized carbons (Fsp3) is 0.538. The normalized spacial score (nSPS) is 13.4. The predicted molar refractivity (Wildman–Crippen MR) is 91.1 cm³/mol. The molecule has 20 heavy (non-hydrogen) atoms. The zero-order valence-corrected chi connectivity index (χ0v) is 15.9. The fourth-order valence-electron chi connectivity index (χ4n) is 1.91. The van der Waals surface area contributed by atoms with Crippen molar-refractivity contribution in [2.24, 2.45) is 5.92 Å². The number of halogens is 3. The molecule has 0 aliphatic heterocycles. The summed E-state index contributed by atoms with van der Waals surface area (Å²) in [4.78, 5) is 0.122. The lowest BCUT2D eigenvalue weighted by atomic mass is 10.0. The molecule has 0 fully saturated rings. The number of hydrogen-bond acceptors (Lipinski definition) is 2. The molecule has 0 amide bonds. The molecule has 1 atom stereocenters. The van der Waals surface area contributed by atoms with E-state index in [0.29, 0.717) is 12.5 Å². The minimum absolute atomic E-state index is 0.122. The molecule has 0 saturated carbocycles. The number of nitrogens with one attached hydrogen (secondary N) is 1. The van der Waals surface area contributed by atoms with Gasteiger partial charge in [-0.15, -0.1) is 0 Å². The maximum Gasteiger partial charge on any atom is 0.242 e. The van der Waals surface area contributed by atoms with Crippen molar-refractivity contribution in [3.63, 3.8) is 0 Å². The van der Waals surface area contributed by atoms with Crippen molar-refractivity contribution >= 4 is 53.5 Å². The van der Waals surface area contributed by atoms with Gasteiger partial charge in [-0.1, -0.05) is 56.8 Å². The van der Waals surface area contributed by atoms with Gasteiger partial charge in [0.25, 0.3) is 0 Å². The van der Waals surface area contributed by atoms with Crippen molar-refractivity contribution in [3.8, 4) is 0 Å². The Labute approximate surface area is 142 Å². The van der Waals surface area contributed by atoms with Crippen LogP contribution in [0.25, 0.3) is 0 Å². The molecule has 0 aliphatic carbocycles. The highest BCUT2D eigenvalue weighted by Gasteiger charge is 2.19. The van der Waals surface area contributed by atoms with Crippen molar-refractivity contribution in [2.75, 3.05) is 11.9 Å². The second kappa shape index (κ2) is 8.73. The molecule has 114 valence electrons. The van der Waals surface area contributed by atoms with E-state index in [4.69, 9.17) is 11.6 Å². The van der Waals surface area contributed by atoms with Gasteiger partial charge < -0.3 is 0 Å². The minimum Gasteiger partial charge on any atom is -0.211 e. The van der Waals surface area contributed by atoms with E-state index in [1.165, 1.54) is 6.07 Å². The molecule has 0 spiro atoms. The molecule has 7 heteroatoms. The van der Waals surface area contributed by atoms with Gasteiger partial charge in [0.15, 0.2) is 0 Å². The molecule has 0 aliphatic rings. The van der Waals surface area contributed by atoms with E-state index in [0.717, 1.165) is 29.1 Å². The summed E-state index contributed by atoms with van der Waals surface area (Å²) in [6, 6.07) is 4.76. The summed E-state index contributed by atoms with van der Waals surface area (Å²) < 4.78 is 27.9. The van der Waals surface area contributed by atoms with Gasteiger partial charge in [-0.2, -0.15) is 0 Å². The van der Waals surface area contributed by atoms with E-state index in [9.17, 15) is 8.42 Å². The van der Waals surface area contributed by atoms with Crippen molar-refractivity contribution in [1.82, 2.24) is 4.72 Å². The van der Waals surface area contributed by atoms with Gasteiger partial charge in [0.05, 0.1) is 5.02 Å². The highest BCUT2D eigenvalue weighted by Crippen LogP contribution is 2.25. The Balaban J connectivity index is 2.78. The van der Waals surface area contributed by atoms with Gasteiger partial charge in [0, 0.05) is 16.3 Å². The van der Waals surface area contributed by atoms with E-state index < -0.39 is 10.0 Å². The first-order chi connectivity index (χ1) is 9.40. The molecule has 3 nitrogen and oxygen atoms in total. The Morgan fingerprint density at radius 2 is 2.05 bits per heavy atom. The Bertz CT molecular complexity index is 531. The van der Waals surface area contributed by atoms with Crippen LogP contribution in [0.5, 0.6) is 0 Å². The first kappa shape index (κ1) is 18.4. The average molecular weight is 448 g/mol. The summed E-state index contributed by atoms with van der Waals surface area (Å²) in [6.45, 7) is 2.54. The monoisotopic (exact) mass is 445 g/mol. The van der Waals surface area contributed by atoms with Crippen LogP contribution in [0, 0.1) is 5.92 Å². The van der Waals surface area contributed by atoms with Crippen LogP contribution < -0.4 is 4.72 Å². The third-order valence-electron chi connectivity index (χ3n) is 2.96. The van der Waals surface area contributed by atoms with Crippen LogP contribution >= 0.6 is 43.5 Å². The summed E-state index contributed by atoms with van der Waals surface area (Å²) in [7, 11) is -3.56. The van der Waals surface area contributed by atoms with Gasteiger partial charge in [-0.25, -0.2) is 13.1 Å². The summed E-state index contributed by atoms with van der Waals surface area (Å²) in [5.74, 6) is 0.336. The molecule has 1 rings (SSSR count). The van der Waals surface area contributed by atoms with E-state index in [-0.39, 0.29) is 9.92 Å². The molecule has 1 unspecified atom stereocenters. The Morgan fingerprint density at radius 1 is 1.35 bits per heavy atom. The van der Waals surface area contributed by atoms with Crippen molar-refractivity contribution in [1.29, 1.82) is 0 Å². The highest BCUT2D eigenvalue weighted by molar-refractivity contribution is 9.10. The quantitative estimate of drug-likeness (QED) is 0.593. The lowest BCUT2D eigenvalue weighted by Crippen LogP contribution is -2.29. The molecular weight excluding hydrogens is 429 g/mol. The standard InChI is InChI=1S/C13H18Br2ClNO2S/c1-2-3-10(6-7-14)9-17-20(18,19)13-5-4-11(15)8-12(13)16/h4-5,8,10,17H,2-3,6-7,9H2,1H3. The van der Waals surface area contributed by atoms with Gasteiger partial charge in [0.2, 0.25) is 10.0 Å². The molecule has 0 saturated heterocycles. The van der Waals surface area contributed by atoms with Crippen LogP contribution in [0.2, 0.25) is 5.02 Å². The van der Waals surface area contributed by atoms with Gasteiger partial charge in [-0.05, 0) is 37.0 Å². The fourth-order valence-corrected chi connectivity index (χ4v) is 4.71. The molecule has 1 N–H and O–H groups in total. The van der Waals surface area contributed by atoms with Crippen molar-refractivity contribution < 1.29 is 8.42 Å². The average Bonchev–Trinajstić information content (AvgIpc) is 2.36. The topological polar surface area (TPSA) is 46.2 Å². The number of alkyl halides is 1. The molecule has 0 aromatic heterocycles. The van der Waals surface area contributed by atoms with Crippen molar-refractivity contribution in [3.05, 3.63) is 27.7 Å². The van der Waals surface area contributed by atoms with Crippen molar-refractivity contribution in [2.45, 2.75) is 31.1 Å². The third kappa shape index (κ3) is 5.64. The van der Waals surface area contributed by atoms with Crippen LogP contribution in [0.3, 0.4) is 0 Å². The molecule has 0 bridgehead atoms. The Kier molecular flexibility index (Phi) is 8.05. The number of sulfonamides is 1. The van der Waals surface area contributed by atoms with Gasteiger partial charge in [0.1, 0.15) is 4.90 Å². The zero-order chi connectivity index (χ0) is 15.2. The first-order valence-corrected chi connectivity index (χ1v) is 10.2. The van der Waals surface area contributed by atoms with Crippen LogP contribution in [0.15, 0.2) is 27.6 Å². The van der Waals surface area contributed by atoms with Crippen LogP contribution in [-0.4, -0.2) is 20.3 Å². The van der Waals surface area contributed by atoms with E-state index >= 15 is 0 Å². The largest absolute Gasteiger partial charge is 0.242 e. The van der Waals surface area contributed by atoms with Gasteiger partial charge >= 0.3 is 0 Å². The lowest BCUT2D eigenvalue weighted by Gasteiger charge is -2.16. The van der Waals surface area contributed by atoms with Crippen LogP contribution in [0.1, 0.15) is 26.2 Å². The molecular formula is C13H18Br2ClNO2S. The third-order valence-corrected chi connectivity index (χ3v) is 5.82. The summed E-state index contributed by atoms with van der Waals surface area (Å²) in [6.07, 6.45) is 2.99. The number of hydrogen-bond donors (Lipinski definition) is 1. The Hall–Kier alpha value is 0.380. The zero-order valence-electron chi connectivity index (χ0n) is 11.2. The molecule has 1 aromatic rings. The van der Waals surface area contributed by atoms with E-state index in [1.54, 1.807) is 12.1 Å². The number of benzene rings is 1. The highest BCUT2D eigenvalue weighted by atomic mass is 79.9. The lowest BCUT2D eigenvalue weighted by molar-refractivity contribution is 0.459. The predicted octanol–water partition coefficient (Wildman–Crippen LogP) is 4.58. The van der Waals surface area contributed by atoms with E-state index in [1.807, 2.05) is 0 Å². The van der Waals surface area contributed by atoms with E-state index in [2.05, 4.69) is 43.5 Å². The van der Waals surface area contributed by atoms with Crippen LogP contribution in [-0.2, 0) is 10.0 Å². The number of rotatable bonds is 8. The van der Waals surface area contributed by atoms with Crippen LogP contribution in [0.4, 0.5) is 0 Å². The minimum atomic E-state index is -3.56. The van der Waals surface area contributed by atoms with Gasteiger partial charge in [-0.3, -0.25) is 0 Å². The maximum absolute atomic E-state index is 12.3. The smallest absolute Gasteiger partial charge is 0.211 e. The summed E-state index contributed by atoms with van der Waals surface area (Å²) >= 11 is 12.7.